The maximum atomic E-state index is 4.64. The lowest BCUT2D eigenvalue weighted by atomic mass is 10.2. The van der Waals surface area contributed by atoms with Gasteiger partial charge in [0, 0.05) is 44.7 Å². The lowest BCUT2D eigenvalue weighted by molar-refractivity contribution is 0.326. The first kappa shape index (κ1) is 13.6. The Morgan fingerprint density at radius 1 is 1.25 bits per heavy atom. The van der Waals surface area contributed by atoms with Crippen molar-refractivity contribution in [2.75, 3.05) is 30.8 Å². The number of hydrogen-bond donors (Lipinski definition) is 2. The minimum Gasteiger partial charge on any atom is -0.373 e. The normalized spacial score (nSPS) is 23.0. The Bertz CT molecular complexity index is 458. The van der Waals surface area contributed by atoms with E-state index in [9.17, 15) is 0 Å². The first-order valence-corrected chi connectivity index (χ1v) is 7.84. The van der Waals surface area contributed by atoms with E-state index in [0.29, 0.717) is 6.04 Å². The van der Waals surface area contributed by atoms with Crippen LogP contribution in [0.1, 0.15) is 38.4 Å². The zero-order valence-corrected chi connectivity index (χ0v) is 12.5. The van der Waals surface area contributed by atoms with Crippen LogP contribution in [0.3, 0.4) is 0 Å². The molecule has 5 nitrogen and oxygen atoms in total. The van der Waals surface area contributed by atoms with E-state index in [0.717, 1.165) is 42.9 Å². The van der Waals surface area contributed by atoms with E-state index in [4.69, 9.17) is 0 Å². The summed E-state index contributed by atoms with van der Waals surface area (Å²) in [5.41, 5.74) is 0. The second-order valence-electron chi connectivity index (χ2n) is 5.91. The van der Waals surface area contributed by atoms with Crippen molar-refractivity contribution in [2.45, 2.75) is 51.1 Å². The number of rotatable bonds is 6. The highest BCUT2D eigenvalue weighted by atomic mass is 15.2. The Kier molecular flexibility index (Phi) is 4.05. The van der Waals surface area contributed by atoms with E-state index < -0.39 is 0 Å². The molecule has 3 rings (SSSR count). The molecule has 0 radical (unpaired) electrons. The fraction of sp³-hybridized carbons (Fsp3) is 0.733. The Labute approximate surface area is 121 Å². The molecule has 110 valence electrons. The number of aryl methyl sites for hydroxylation is 1. The van der Waals surface area contributed by atoms with Crippen LogP contribution >= 0.6 is 0 Å². The fourth-order valence-electron chi connectivity index (χ4n) is 2.92. The van der Waals surface area contributed by atoms with Gasteiger partial charge in [0.05, 0.1) is 0 Å². The summed E-state index contributed by atoms with van der Waals surface area (Å²) in [7, 11) is 1.91. The fourth-order valence-corrected chi connectivity index (χ4v) is 2.92. The highest BCUT2D eigenvalue weighted by Gasteiger charge is 2.34. The van der Waals surface area contributed by atoms with E-state index in [-0.39, 0.29) is 0 Å². The summed E-state index contributed by atoms with van der Waals surface area (Å²) in [6.45, 7) is 4.55. The van der Waals surface area contributed by atoms with Crippen molar-refractivity contribution in [1.29, 1.82) is 0 Å². The maximum absolute atomic E-state index is 4.64. The van der Waals surface area contributed by atoms with Crippen LogP contribution in [0.5, 0.6) is 0 Å². The third-order valence-corrected chi connectivity index (χ3v) is 4.14. The summed E-state index contributed by atoms with van der Waals surface area (Å²) in [4.78, 5) is 11.8. The summed E-state index contributed by atoms with van der Waals surface area (Å²) in [6, 6.07) is 3.42. The van der Waals surface area contributed by atoms with E-state index in [1.54, 1.807) is 0 Å². The van der Waals surface area contributed by atoms with Crippen molar-refractivity contribution >= 4 is 11.6 Å². The molecule has 1 aliphatic carbocycles. The number of likely N-dealkylation sites (tertiary alicyclic amines) is 1. The molecule has 2 aliphatic rings. The van der Waals surface area contributed by atoms with E-state index in [2.05, 4.69) is 32.4 Å². The summed E-state index contributed by atoms with van der Waals surface area (Å²) >= 11 is 0. The summed E-state index contributed by atoms with van der Waals surface area (Å²) in [5, 5.41) is 6.72. The lowest BCUT2D eigenvalue weighted by Crippen LogP contribution is -2.28. The summed E-state index contributed by atoms with van der Waals surface area (Å²) in [6.07, 6.45) is 6.02. The highest BCUT2D eigenvalue weighted by Crippen LogP contribution is 2.30. The van der Waals surface area contributed by atoms with Crippen molar-refractivity contribution in [3.63, 3.8) is 0 Å². The average Bonchev–Trinajstić information content (AvgIpc) is 3.20. The molecule has 1 aromatic rings. The molecule has 1 aromatic heterocycles. The van der Waals surface area contributed by atoms with Gasteiger partial charge in [0.2, 0.25) is 0 Å². The van der Waals surface area contributed by atoms with Gasteiger partial charge < -0.3 is 10.6 Å². The molecule has 0 spiro atoms. The van der Waals surface area contributed by atoms with Gasteiger partial charge >= 0.3 is 0 Å². The van der Waals surface area contributed by atoms with E-state index in [1.165, 1.54) is 25.8 Å². The molecule has 1 saturated heterocycles. The summed E-state index contributed by atoms with van der Waals surface area (Å²) < 4.78 is 0. The van der Waals surface area contributed by atoms with Gasteiger partial charge in [0.15, 0.2) is 0 Å². The van der Waals surface area contributed by atoms with Crippen molar-refractivity contribution in [3.8, 4) is 0 Å². The Morgan fingerprint density at radius 3 is 2.75 bits per heavy atom. The van der Waals surface area contributed by atoms with Crippen molar-refractivity contribution in [3.05, 3.63) is 11.9 Å². The smallest absolute Gasteiger partial charge is 0.133 e. The Hall–Kier alpha value is -1.36. The third-order valence-electron chi connectivity index (χ3n) is 4.14. The molecular formula is C15H25N5. The quantitative estimate of drug-likeness (QED) is 0.833. The number of aromatic nitrogens is 2. The van der Waals surface area contributed by atoms with Crippen LogP contribution in [-0.2, 0) is 6.42 Å². The molecule has 0 amide bonds. The van der Waals surface area contributed by atoms with Gasteiger partial charge in [-0.05, 0) is 25.7 Å². The van der Waals surface area contributed by atoms with Gasteiger partial charge in [0.25, 0.3) is 0 Å². The number of nitrogens with one attached hydrogen (secondary N) is 2. The highest BCUT2D eigenvalue weighted by molar-refractivity contribution is 5.48. The molecule has 1 saturated carbocycles. The Morgan fingerprint density at radius 2 is 2.05 bits per heavy atom. The van der Waals surface area contributed by atoms with Gasteiger partial charge in [-0.2, -0.15) is 0 Å². The minimum atomic E-state index is 0.532. The molecule has 1 aliphatic heterocycles. The Balaban J connectivity index is 1.65. The van der Waals surface area contributed by atoms with E-state index >= 15 is 0 Å². The predicted octanol–water partition coefficient (Wildman–Crippen LogP) is 2.12. The van der Waals surface area contributed by atoms with Crippen LogP contribution < -0.4 is 10.6 Å². The molecule has 0 bridgehead atoms. The van der Waals surface area contributed by atoms with Gasteiger partial charge in [-0.3, -0.25) is 4.90 Å². The van der Waals surface area contributed by atoms with Crippen molar-refractivity contribution < 1.29 is 0 Å². The molecule has 2 N–H and O–H groups in total. The standard InChI is InChI=1S/C15H25N5/c1-3-4-13-18-14(16-2)9-15(19-13)17-11-7-8-20(10-11)12-5-6-12/h9,11-12H,3-8,10H2,1-2H3,(H2,16,17,18,19). The summed E-state index contributed by atoms with van der Waals surface area (Å²) in [5.74, 6) is 2.80. The zero-order valence-electron chi connectivity index (χ0n) is 12.5. The SMILES string of the molecule is CCCc1nc(NC)cc(NC2CCN(C3CC3)C2)n1. The van der Waals surface area contributed by atoms with Crippen molar-refractivity contribution in [2.24, 2.45) is 0 Å². The zero-order chi connectivity index (χ0) is 13.9. The molecule has 5 heteroatoms. The third kappa shape index (κ3) is 3.20. The van der Waals surface area contributed by atoms with Crippen LogP contribution in [-0.4, -0.2) is 47.1 Å². The number of hydrogen-bond acceptors (Lipinski definition) is 5. The molecule has 0 aromatic carbocycles. The van der Waals surface area contributed by atoms with Crippen LogP contribution in [0.2, 0.25) is 0 Å². The van der Waals surface area contributed by atoms with Crippen LogP contribution in [0.4, 0.5) is 11.6 Å². The van der Waals surface area contributed by atoms with Gasteiger partial charge in [-0.25, -0.2) is 9.97 Å². The van der Waals surface area contributed by atoms with Crippen LogP contribution in [0.25, 0.3) is 0 Å². The van der Waals surface area contributed by atoms with Gasteiger partial charge in [-0.1, -0.05) is 6.92 Å². The predicted molar refractivity (Wildman–Crippen MR) is 82.2 cm³/mol. The van der Waals surface area contributed by atoms with Gasteiger partial charge in [-0.15, -0.1) is 0 Å². The minimum absolute atomic E-state index is 0.532. The topological polar surface area (TPSA) is 53.1 Å². The maximum Gasteiger partial charge on any atom is 0.133 e. The first-order chi connectivity index (χ1) is 9.78. The second-order valence-corrected chi connectivity index (χ2v) is 5.91. The number of nitrogens with zero attached hydrogens (tertiary/aromatic N) is 3. The largest absolute Gasteiger partial charge is 0.373 e. The first-order valence-electron chi connectivity index (χ1n) is 7.84. The molecule has 20 heavy (non-hydrogen) atoms. The number of anilines is 2. The van der Waals surface area contributed by atoms with Crippen LogP contribution in [0.15, 0.2) is 6.07 Å². The van der Waals surface area contributed by atoms with Crippen LogP contribution in [0, 0.1) is 0 Å². The lowest BCUT2D eigenvalue weighted by Gasteiger charge is -2.17. The molecule has 1 unspecified atom stereocenters. The monoisotopic (exact) mass is 275 g/mol. The molecule has 2 fully saturated rings. The van der Waals surface area contributed by atoms with E-state index in [1.807, 2.05) is 13.1 Å². The second kappa shape index (κ2) is 5.95. The molecule has 1 atom stereocenters. The molecular weight excluding hydrogens is 250 g/mol. The van der Waals surface area contributed by atoms with Gasteiger partial charge in [0.1, 0.15) is 17.5 Å². The molecule has 2 heterocycles. The van der Waals surface area contributed by atoms with Crippen molar-refractivity contribution in [1.82, 2.24) is 14.9 Å². The average molecular weight is 275 g/mol.